The molecule has 0 spiro atoms. The third-order valence-electron chi connectivity index (χ3n) is 3.02. The van der Waals surface area contributed by atoms with Gasteiger partial charge < -0.3 is 0 Å². The average Bonchev–Trinajstić information content (AvgIpc) is 2.35. The van der Waals surface area contributed by atoms with Crippen LogP contribution in [0.5, 0.6) is 0 Å². The molecule has 0 radical (unpaired) electrons. The SMILES string of the molecule is CCCCCC/C(C)=C(\C)[Se]c1ccccc1. The minimum atomic E-state index is 0.524. The molecular weight excluding hydrogens is 271 g/mol. The van der Waals surface area contributed by atoms with Gasteiger partial charge in [0.1, 0.15) is 0 Å². The summed E-state index contributed by atoms with van der Waals surface area (Å²) in [6.07, 6.45) is 6.76. The Balaban J connectivity index is 2.41. The topological polar surface area (TPSA) is 0 Å². The predicted octanol–water partition coefficient (Wildman–Crippen LogP) is 4.28. The van der Waals surface area contributed by atoms with Gasteiger partial charge in [-0.25, -0.2) is 0 Å². The second-order valence-corrected chi connectivity index (χ2v) is 7.26. The van der Waals surface area contributed by atoms with Crippen LogP contribution in [-0.2, 0) is 0 Å². The molecule has 0 aliphatic rings. The van der Waals surface area contributed by atoms with Gasteiger partial charge in [-0.3, -0.25) is 0 Å². The summed E-state index contributed by atoms with van der Waals surface area (Å²) >= 11 is 0.524. The molecule has 1 aromatic carbocycles. The Kier molecular flexibility index (Phi) is 7.32. The van der Waals surface area contributed by atoms with Crippen molar-refractivity contribution in [1.82, 2.24) is 0 Å². The molecule has 0 bridgehead atoms. The zero-order valence-electron chi connectivity index (χ0n) is 11.3. The standard InChI is InChI=1S/C16H24Se/c1-4-5-6-8-11-14(2)15(3)17-16-12-9-7-10-13-16/h7,9-10,12-13H,4-6,8,11H2,1-3H3/b15-14+. The molecule has 0 aromatic heterocycles. The molecule has 0 aliphatic carbocycles. The first-order valence-corrected chi connectivity index (χ1v) is 8.34. The Morgan fingerprint density at radius 1 is 1.00 bits per heavy atom. The molecule has 0 heterocycles. The van der Waals surface area contributed by atoms with Crippen molar-refractivity contribution in [3.63, 3.8) is 0 Å². The zero-order chi connectivity index (χ0) is 12.5. The van der Waals surface area contributed by atoms with Crippen LogP contribution in [0, 0.1) is 0 Å². The first kappa shape index (κ1) is 14.5. The average molecular weight is 295 g/mol. The van der Waals surface area contributed by atoms with Gasteiger partial charge in [-0.05, 0) is 0 Å². The van der Waals surface area contributed by atoms with Gasteiger partial charge in [0.15, 0.2) is 0 Å². The van der Waals surface area contributed by atoms with Crippen LogP contribution in [0.1, 0.15) is 52.9 Å². The fraction of sp³-hybridized carbons (Fsp3) is 0.500. The van der Waals surface area contributed by atoms with E-state index in [-0.39, 0.29) is 0 Å². The number of benzene rings is 1. The quantitative estimate of drug-likeness (QED) is 0.520. The summed E-state index contributed by atoms with van der Waals surface area (Å²) in [5.41, 5.74) is 1.62. The third-order valence-corrected chi connectivity index (χ3v) is 5.46. The Bertz CT molecular complexity index is 338. The maximum absolute atomic E-state index is 2.31. The van der Waals surface area contributed by atoms with Crippen LogP contribution in [0.2, 0.25) is 0 Å². The van der Waals surface area contributed by atoms with Crippen molar-refractivity contribution >= 4 is 19.4 Å². The van der Waals surface area contributed by atoms with Crippen molar-refractivity contribution in [3.05, 3.63) is 40.4 Å². The molecule has 17 heavy (non-hydrogen) atoms. The van der Waals surface area contributed by atoms with Crippen molar-refractivity contribution in [1.29, 1.82) is 0 Å². The van der Waals surface area contributed by atoms with E-state index in [1.54, 1.807) is 10.0 Å². The monoisotopic (exact) mass is 296 g/mol. The summed E-state index contributed by atoms with van der Waals surface area (Å²) in [5.74, 6) is 0. The van der Waals surface area contributed by atoms with Crippen molar-refractivity contribution in [2.45, 2.75) is 52.9 Å². The van der Waals surface area contributed by atoms with E-state index >= 15 is 0 Å². The summed E-state index contributed by atoms with van der Waals surface area (Å²) < 4.78 is 3.10. The zero-order valence-corrected chi connectivity index (χ0v) is 13.0. The molecule has 0 atom stereocenters. The fourth-order valence-electron chi connectivity index (χ4n) is 1.75. The summed E-state index contributed by atoms with van der Waals surface area (Å²) in [4.78, 5) is 0. The number of hydrogen-bond donors (Lipinski definition) is 0. The molecule has 1 aromatic rings. The number of rotatable bonds is 7. The van der Waals surface area contributed by atoms with E-state index in [0.29, 0.717) is 15.0 Å². The normalized spacial score (nSPS) is 12.4. The Morgan fingerprint density at radius 3 is 2.35 bits per heavy atom. The van der Waals surface area contributed by atoms with Crippen molar-refractivity contribution in [3.8, 4) is 0 Å². The van der Waals surface area contributed by atoms with Crippen LogP contribution in [0.25, 0.3) is 0 Å². The van der Waals surface area contributed by atoms with Crippen molar-refractivity contribution in [2.24, 2.45) is 0 Å². The van der Waals surface area contributed by atoms with E-state index in [2.05, 4.69) is 51.1 Å². The molecule has 0 saturated heterocycles. The van der Waals surface area contributed by atoms with Crippen LogP contribution >= 0.6 is 0 Å². The van der Waals surface area contributed by atoms with Crippen LogP contribution in [-0.4, -0.2) is 15.0 Å². The van der Waals surface area contributed by atoms with Gasteiger partial charge in [-0.1, -0.05) is 0 Å². The Labute approximate surface area is 113 Å². The van der Waals surface area contributed by atoms with Crippen LogP contribution < -0.4 is 4.46 Å². The van der Waals surface area contributed by atoms with Gasteiger partial charge in [0.2, 0.25) is 0 Å². The van der Waals surface area contributed by atoms with Crippen LogP contribution in [0.15, 0.2) is 40.4 Å². The van der Waals surface area contributed by atoms with E-state index < -0.39 is 0 Å². The van der Waals surface area contributed by atoms with E-state index in [9.17, 15) is 0 Å². The molecular formula is C16H24Se. The van der Waals surface area contributed by atoms with Gasteiger partial charge in [0.05, 0.1) is 0 Å². The second-order valence-electron chi connectivity index (χ2n) is 4.56. The molecule has 1 heteroatoms. The van der Waals surface area contributed by atoms with E-state index in [4.69, 9.17) is 0 Å². The second kappa shape index (κ2) is 8.55. The summed E-state index contributed by atoms with van der Waals surface area (Å²) in [6, 6.07) is 10.9. The summed E-state index contributed by atoms with van der Waals surface area (Å²) in [6.45, 7) is 6.89. The number of unbranched alkanes of at least 4 members (excludes halogenated alkanes) is 3. The number of hydrogen-bond acceptors (Lipinski definition) is 0. The van der Waals surface area contributed by atoms with E-state index in [0.717, 1.165) is 0 Å². The Hall–Kier alpha value is -0.521. The molecule has 0 fully saturated rings. The molecule has 0 saturated carbocycles. The van der Waals surface area contributed by atoms with Gasteiger partial charge in [-0.2, -0.15) is 0 Å². The van der Waals surface area contributed by atoms with E-state index in [1.807, 2.05) is 0 Å². The first-order valence-electron chi connectivity index (χ1n) is 6.63. The van der Waals surface area contributed by atoms with Crippen molar-refractivity contribution < 1.29 is 0 Å². The summed E-state index contributed by atoms with van der Waals surface area (Å²) in [5, 5.41) is 0. The summed E-state index contributed by atoms with van der Waals surface area (Å²) in [7, 11) is 0. The molecule has 1 rings (SSSR count). The maximum atomic E-state index is 2.31. The fourth-order valence-corrected chi connectivity index (χ4v) is 3.68. The van der Waals surface area contributed by atoms with Gasteiger partial charge >= 0.3 is 113 Å². The van der Waals surface area contributed by atoms with E-state index in [1.165, 1.54) is 36.6 Å². The first-order chi connectivity index (χ1) is 8.24. The van der Waals surface area contributed by atoms with Gasteiger partial charge in [0, 0.05) is 0 Å². The third kappa shape index (κ3) is 6.10. The predicted molar refractivity (Wildman–Crippen MR) is 79.0 cm³/mol. The molecule has 0 aliphatic heterocycles. The Morgan fingerprint density at radius 2 is 1.71 bits per heavy atom. The van der Waals surface area contributed by atoms with Crippen LogP contribution in [0.4, 0.5) is 0 Å². The minimum absolute atomic E-state index is 0.524. The molecule has 94 valence electrons. The van der Waals surface area contributed by atoms with Gasteiger partial charge in [0.25, 0.3) is 0 Å². The van der Waals surface area contributed by atoms with Crippen LogP contribution in [0.3, 0.4) is 0 Å². The molecule has 0 N–H and O–H groups in total. The number of allylic oxidation sites excluding steroid dienone is 2. The van der Waals surface area contributed by atoms with Gasteiger partial charge in [-0.15, -0.1) is 0 Å². The molecule has 0 unspecified atom stereocenters. The van der Waals surface area contributed by atoms with Crippen molar-refractivity contribution in [2.75, 3.05) is 0 Å². The molecule has 0 nitrogen and oxygen atoms in total. The molecule has 0 amide bonds.